The van der Waals surface area contributed by atoms with Gasteiger partial charge in [0.25, 0.3) is 0 Å². The molecule has 0 aliphatic carbocycles. The number of hydrogen-bond donors (Lipinski definition) is 1. The molecular weight excluding hydrogens is 178 g/mol. The van der Waals surface area contributed by atoms with E-state index >= 15 is 0 Å². The first-order valence-corrected chi connectivity index (χ1v) is 4.48. The van der Waals surface area contributed by atoms with Crippen LogP contribution in [-0.2, 0) is 6.42 Å². The molecule has 4 nitrogen and oxygen atoms in total. The summed E-state index contributed by atoms with van der Waals surface area (Å²) in [4.78, 5) is 16.9. The summed E-state index contributed by atoms with van der Waals surface area (Å²) < 4.78 is 0. The molecule has 1 heterocycles. The number of hydrogen-bond acceptors (Lipinski definition) is 3. The summed E-state index contributed by atoms with van der Waals surface area (Å²) >= 11 is 0. The van der Waals surface area contributed by atoms with Gasteiger partial charge in [0.15, 0.2) is 0 Å². The fourth-order valence-corrected chi connectivity index (χ4v) is 1.11. The number of nitrogens with zero attached hydrogens (tertiary/aromatic N) is 2. The lowest BCUT2D eigenvalue weighted by molar-refractivity contribution is 0.1000. The van der Waals surface area contributed by atoms with Crippen LogP contribution in [0.5, 0.6) is 0 Å². The van der Waals surface area contributed by atoms with Gasteiger partial charge in [0.05, 0.1) is 5.56 Å². The fraction of sp³-hybridized carbons (Fsp3) is 0.400. The zero-order valence-corrected chi connectivity index (χ0v) is 8.53. The fourth-order valence-electron chi connectivity index (χ4n) is 1.11. The molecule has 0 aliphatic rings. The van der Waals surface area contributed by atoms with E-state index in [2.05, 4.69) is 9.88 Å². The number of amides is 1. The van der Waals surface area contributed by atoms with Gasteiger partial charge in [-0.1, -0.05) is 0 Å². The number of pyridine rings is 1. The van der Waals surface area contributed by atoms with E-state index in [-0.39, 0.29) is 0 Å². The predicted molar refractivity (Wildman–Crippen MR) is 55.0 cm³/mol. The van der Waals surface area contributed by atoms with Crippen molar-refractivity contribution in [3.8, 4) is 0 Å². The third-order valence-electron chi connectivity index (χ3n) is 1.93. The molecule has 0 radical (unpaired) electrons. The van der Waals surface area contributed by atoms with Crippen LogP contribution < -0.4 is 5.73 Å². The van der Waals surface area contributed by atoms with E-state index in [0.29, 0.717) is 5.56 Å². The number of carbonyl (C=O) groups is 1. The first-order chi connectivity index (χ1) is 6.59. The number of rotatable bonds is 4. The molecule has 0 unspecified atom stereocenters. The summed E-state index contributed by atoms with van der Waals surface area (Å²) in [6, 6.07) is 1.79. The zero-order valence-electron chi connectivity index (χ0n) is 8.53. The van der Waals surface area contributed by atoms with Crippen molar-refractivity contribution in [1.82, 2.24) is 9.88 Å². The minimum absolute atomic E-state index is 0.427. The summed E-state index contributed by atoms with van der Waals surface area (Å²) in [5.41, 5.74) is 6.66. The molecule has 0 aliphatic heterocycles. The summed E-state index contributed by atoms with van der Waals surface area (Å²) in [6.07, 6.45) is 4.12. The van der Waals surface area contributed by atoms with Crippen LogP contribution in [0.1, 0.15) is 15.9 Å². The SMILES string of the molecule is CN(C)CCc1cncc(C(N)=O)c1. The Bertz CT molecular complexity index is 323. The van der Waals surface area contributed by atoms with E-state index in [4.69, 9.17) is 5.73 Å². The molecule has 0 fully saturated rings. The molecule has 2 N–H and O–H groups in total. The largest absolute Gasteiger partial charge is 0.366 e. The molecule has 0 bridgehead atoms. The van der Waals surface area contributed by atoms with Crippen LogP contribution in [0.2, 0.25) is 0 Å². The molecule has 0 saturated heterocycles. The van der Waals surface area contributed by atoms with Crippen LogP contribution in [0.3, 0.4) is 0 Å². The molecule has 0 atom stereocenters. The van der Waals surface area contributed by atoms with Crippen molar-refractivity contribution >= 4 is 5.91 Å². The van der Waals surface area contributed by atoms with Crippen LogP contribution in [0, 0.1) is 0 Å². The number of carbonyl (C=O) groups excluding carboxylic acids is 1. The summed E-state index contributed by atoms with van der Waals surface area (Å²) in [5, 5.41) is 0. The Kier molecular flexibility index (Phi) is 3.59. The van der Waals surface area contributed by atoms with Gasteiger partial charge in [-0.25, -0.2) is 0 Å². The molecule has 0 aromatic carbocycles. The van der Waals surface area contributed by atoms with E-state index < -0.39 is 5.91 Å². The number of primary amides is 1. The maximum Gasteiger partial charge on any atom is 0.250 e. The summed E-state index contributed by atoms with van der Waals surface area (Å²) in [6.45, 7) is 0.934. The lowest BCUT2D eigenvalue weighted by Crippen LogP contribution is -2.16. The Morgan fingerprint density at radius 3 is 2.79 bits per heavy atom. The van der Waals surface area contributed by atoms with Gasteiger partial charge in [0.1, 0.15) is 0 Å². The third kappa shape index (κ3) is 3.14. The van der Waals surface area contributed by atoms with Gasteiger partial charge in [-0.3, -0.25) is 9.78 Å². The first kappa shape index (κ1) is 10.7. The number of aromatic nitrogens is 1. The molecule has 1 aromatic rings. The van der Waals surface area contributed by atoms with Gasteiger partial charge in [-0.2, -0.15) is 0 Å². The molecule has 14 heavy (non-hydrogen) atoms. The molecule has 76 valence electrons. The van der Waals surface area contributed by atoms with E-state index in [0.717, 1.165) is 18.5 Å². The monoisotopic (exact) mass is 193 g/mol. The van der Waals surface area contributed by atoms with Crippen LogP contribution in [0.15, 0.2) is 18.5 Å². The van der Waals surface area contributed by atoms with Gasteiger partial charge in [-0.05, 0) is 32.1 Å². The molecule has 1 aromatic heterocycles. The van der Waals surface area contributed by atoms with Crippen LogP contribution in [0.25, 0.3) is 0 Å². The topological polar surface area (TPSA) is 59.2 Å². The van der Waals surface area contributed by atoms with Gasteiger partial charge < -0.3 is 10.6 Å². The zero-order chi connectivity index (χ0) is 10.6. The first-order valence-electron chi connectivity index (χ1n) is 4.48. The minimum atomic E-state index is -0.427. The highest BCUT2D eigenvalue weighted by Crippen LogP contribution is 2.03. The van der Waals surface area contributed by atoms with E-state index in [1.165, 1.54) is 6.20 Å². The molecule has 1 rings (SSSR count). The van der Waals surface area contributed by atoms with E-state index in [1.54, 1.807) is 12.3 Å². The second-order valence-electron chi connectivity index (χ2n) is 3.50. The highest BCUT2D eigenvalue weighted by Gasteiger charge is 2.02. The van der Waals surface area contributed by atoms with E-state index in [1.807, 2.05) is 14.1 Å². The standard InChI is InChI=1S/C10H15N3O/c1-13(2)4-3-8-5-9(10(11)14)7-12-6-8/h5-7H,3-4H2,1-2H3,(H2,11,14). The van der Waals surface area contributed by atoms with Crippen molar-refractivity contribution in [2.24, 2.45) is 5.73 Å². The van der Waals surface area contributed by atoms with Crippen LogP contribution in [-0.4, -0.2) is 36.4 Å². The predicted octanol–water partition coefficient (Wildman–Crippen LogP) is 0.285. The van der Waals surface area contributed by atoms with Crippen molar-refractivity contribution in [2.75, 3.05) is 20.6 Å². The summed E-state index contributed by atoms with van der Waals surface area (Å²) in [7, 11) is 4.01. The van der Waals surface area contributed by atoms with Crippen LogP contribution >= 0.6 is 0 Å². The highest BCUT2D eigenvalue weighted by atomic mass is 16.1. The Balaban J connectivity index is 2.69. The van der Waals surface area contributed by atoms with Gasteiger partial charge >= 0.3 is 0 Å². The quantitative estimate of drug-likeness (QED) is 0.747. The summed E-state index contributed by atoms with van der Waals surface area (Å²) in [5.74, 6) is -0.427. The number of nitrogens with two attached hydrogens (primary N) is 1. The van der Waals surface area contributed by atoms with Gasteiger partial charge in [-0.15, -0.1) is 0 Å². The van der Waals surface area contributed by atoms with Crippen molar-refractivity contribution in [2.45, 2.75) is 6.42 Å². The molecule has 4 heteroatoms. The van der Waals surface area contributed by atoms with Crippen molar-refractivity contribution in [3.63, 3.8) is 0 Å². The third-order valence-corrected chi connectivity index (χ3v) is 1.93. The lowest BCUT2D eigenvalue weighted by Gasteiger charge is -2.08. The maximum atomic E-state index is 10.9. The normalized spacial score (nSPS) is 10.5. The highest BCUT2D eigenvalue weighted by molar-refractivity contribution is 5.92. The van der Waals surface area contributed by atoms with E-state index in [9.17, 15) is 4.79 Å². The smallest absolute Gasteiger partial charge is 0.250 e. The molecule has 1 amide bonds. The van der Waals surface area contributed by atoms with Crippen molar-refractivity contribution in [3.05, 3.63) is 29.6 Å². The van der Waals surface area contributed by atoms with Crippen molar-refractivity contribution in [1.29, 1.82) is 0 Å². The Labute approximate surface area is 83.7 Å². The molecular formula is C10H15N3O. The second kappa shape index (κ2) is 4.72. The molecule has 0 saturated carbocycles. The van der Waals surface area contributed by atoms with Gasteiger partial charge in [0, 0.05) is 18.9 Å². The minimum Gasteiger partial charge on any atom is -0.366 e. The average Bonchev–Trinajstić information content (AvgIpc) is 2.15. The Morgan fingerprint density at radius 1 is 1.50 bits per heavy atom. The Hall–Kier alpha value is -1.42. The van der Waals surface area contributed by atoms with Crippen molar-refractivity contribution < 1.29 is 4.79 Å². The Morgan fingerprint density at radius 2 is 2.21 bits per heavy atom. The van der Waals surface area contributed by atoms with Crippen LogP contribution in [0.4, 0.5) is 0 Å². The van der Waals surface area contributed by atoms with Gasteiger partial charge in [0.2, 0.25) is 5.91 Å². The maximum absolute atomic E-state index is 10.9. The second-order valence-corrected chi connectivity index (χ2v) is 3.50. The lowest BCUT2D eigenvalue weighted by atomic mass is 10.1. The average molecular weight is 193 g/mol. The number of likely N-dealkylation sites (N-methyl/N-ethyl adjacent to an activating group) is 1. The molecule has 0 spiro atoms.